The van der Waals surface area contributed by atoms with Gasteiger partial charge in [-0.15, -0.1) is 0 Å². The molecule has 0 fully saturated rings. The van der Waals surface area contributed by atoms with E-state index in [1.807, 2.05) is 6.07 Å². The summed E-state index contributed by atoms with van der Waals surface area (Å²) in [5, 5.41) is 18.3. The topological polar surface area (TPSA) is 64.3 Å². The Labute approximate surface area is 113 Å². The molecule has 0 unspecified atom stereocenters. The van der Waals surface area contributed by atoms with Crippen LogP contribution in [0.4, 0.5) is 0 Å². The summed E-state index contributed by atoms with van der Waals surface area (Å²) < 4.78 is 0. The van der Waals surface area contributed by atoms with Crippen molar-refractivity contribution in [3.63, 3.8) is 0 Å². The highest BCUT2D eigenvalue weighted by Crippen LogP contribution is 2.13. The van der Waals surface area contributed by atoms with Crippen molar-refractivity contribution in [1.82, 2.24) is 4.90 Å². The number of rotatable bonds is 5. The number of likely N-dealkylation sites (N-methyl/N-ethyl adjacent to an activating group) is 1. The van der Waals surface area contributed by atoms with E-state index in [4.69, 9.17) is 5.26 Å². The minimum atomic E-state index is -0.274. The molecule has 100 valence electrons. The molecule has 4 heteroatoms. The summed E-state index contributed by atoms with van der Waals surface area (Å²) in [4.78, 5) is 13.6. The van der Waals surface area contributed by atoms with Crippen molar-refractivity contribution in [2.75, 3.05) is 13.6 Å². The lowest BCUT2D eigenvalue weighted by Gasteiger charge is -2.15. The van der Waals surface area contributed by atoms with E-state index in [-0.39, 0.29) is 17.2 Å². The molecule has 0 radical (unpaired) electrons. The molecule has 0 bridgehead atoms. The Bertz CT molecular complexity index is 498. The Balaban J connectivity index is 2.85. The molecule has 0 aliphatic rings. The highest BCUT2D eigenvalue weighted by Gasteiger charge is 2.13. The number of carbonyl (C=O) groups excluding carboxylic acids is 1. The lowest BCUT2D eigenvalue weighted by Crippen LogP contribution is -2.28. The molecule has 0 aliphatic carbocycles. The second-order valence-electron chi connectivity index (χ2n) is 4.34. The van der Waals surface area contributed by atoms with Gasteiger partial charge in [-0.25, -0.2) is 0 Å². The maximum atomic E-state index is 12.0. The third-order valence-corrected chi connectivity index (χ3v) is 2.75. The van der Waals surface area contributed by atoms with Crippen LogP contribution in [0.3, 0.4) is 0 Å². The molecule has 1 N–H and O–H groups in total. The van der Waals surface area contributed by atoms with Gasteiger partial charge < -0.3 is 10.0 Å². The van der Waals surface area contributed by atoms with Gasteiger partial charge >= 0.3 is 0 Å². The fourth-order valence-electron chi connectivity index (χ4n) is 1.58. The second kappa shape index (κ2) is 7.22. The first kappa shape index (κ1) is 14.8. The van der Waals surface area contributed by atoms with Crippen LogP contribution in [0.5, 0.6) is 5.75 Å². The first-order valence-electron chi connectivity index (χ1n) is 6.24. The van der Waals surface area contributed by atoms with Crippen molar-refractivity contribution >= 4 is 12.0 Å². The van der Waals surface area contributed by atoms with E-state index < -0.39 is 0 Å². The molecule has 1 aromatic rings. The Morgan fingerprint density at radius 1 is 1.42 bits per heavy atom. The van der Waals surface area contributed by atoms with Crippen LogP contribution in [0.1, 0.15) is 25.3 Å². The van der Waals surface area contributed by atoms with Crippen molar-refractivity contribution in [2.45, 2.75) is 19.8 Å². The van der Waals surface area contributed by atoms with Crippen LogP contribution in [0, 0.1) is 11.3 Å². The van der Waals surface area contributed by atoms with Crippen LogP contribution < -0.4 is 0 Å². The molecular weight excluding hydrogens is 240 g/mol. The van der Waals surface area contributed by atoms with Crippen LogP contribution >= 0.6 is 0 Å². The zero-order chi connectivity index (χ0) is 14.3. The van der Waals surface area contributed by atoms with E-state index >= 15 is 0 Å². The number of phenols is 1. The largest absolute Gasteiger partial charge is 0.508 e. The maximum Gasteiger partial charge on any atom is 0.264 e. The molecule has 1 amide bonds. The summed E-state index contributed by atoms with van der Waals surface area (Å²) in [5.74, 6) is -0.119. The number of hydrogen-bond donors (Lipinski definition) is 1. The lowest BCUT2D eigenvalue weighted by molar-refractivity contribution is -0.125. The number of carbonyl (C=O) groups is 1. The zero-order valence-corrected chi connectivity index (χ0v) is 11.3. The van der Waals surface area contributed by atoms with Gasteiger partial charge in [-0.1, -0.05) is 25.5 Å². The fraction of sp³-hybridized carbons (Fsp3) is 0.333. The summed E-state index contributed by atoms with van der Waals surface area (Å²) in [6.07, 6.45) is 3.45. The van der Waals surface area contributed by atoms with E-state index in [0.717, 1.165) is 12.8 Å². The molecule has 0 atom stereocenters. The van der Waals surface area contributed by atoms with Crippen LogP contribution in [-0.4, -0.2) is 29.5 Å². The predicted molar refractivity (Wildman–Crippen MR) is 74.2 cm³/mol. The van der Waals surface area contributed by atoms with Crippen LogP contribution in [-0.2, 0) is 4.79 Å². The quantitative estimate of drug-likeness (QED) is 0.652. The summed E-state index contributed by atoms with van der Waals surface area (Å²) in [6.45, 7) is 2.69. The minimum Gasteiger partial charge on any atom is -0.508 e. The van der Waals surface area contributed by atoms with Gasteiger partial charge in [0.25, 0.3) is 5.91 Å². The number of unbranched alkanes of at least 4 members (excludes halogenated alkanes) is 1. The average Bonchev–Trinajstić information content (AvgIpc) is 2.43. The summed E-state index contributed by atoms with van der Waals surface area (Å²) in [5.41, 5.74) is 0.816. The van der Waals surface area contributed by atoms with Crippen molar-refractivity contribution in [3.8, 4) is 11.8 Å². The van der Waals surface area contributed by atoms with Gasteiger partial charge in [-0.3, -0.25) is 4.79 Å². The van der Waals surface area contributed by atoms with Gasteiger partial charge in [0, 0.05) is 13.6 Å². The maximum absolute atomic E-state index is 12.0. The van der Waals surface area contributed by atoms with E-state index in [2.05, 4.69) is 6.92 Å². The Morgan fingerprint density at radius 2 is 2.05 bits per heavy atom. The Hall–Kier alpha value is -2.28. The molecule has 0 saturated heterocycles. The Morgan fingerprint density at radius 3 is 2.58 bits per heavy atom. The molecule has 19 heavy (non-hydrogen) atoms. The van der Waals surface area contributed by atoms with Gasteiger partial charge in [0.15, 0.2) is 0 Å². The van der Waals surface area contributed by atoms with E-state index in [0.29, 0.717) is 12.1 Å². The Kier molecular flexibility index (Phi) is 5.62. The number of nitrogens with zero attached hydrogens (tertiary/aromatic N) is 2. The highest BCUT2D eigenvalue weighted by atomic mass is 16.3. The number of phenolic OH excluding ortho intramolecular Hbond substituents is 1. The third-order valence-electron chi connectivity index (χ3n) is 2.75. The molecule has 0 spiro atoms. The van der Waals surface area contributed by atoms with Crippen molar-refractivity contribution in [1.29, 1.82) is 5.26 Å². The lowest BCUT2D eigenvalue weighted by atomic mass is 10.1. The zero-order valence-electron chi connectivity index (χ0n) is 11.3. The molecule has 0 aliphatic heterocycles. The monoisotopic (exact) mass is 258 g/mol. The van der Waals surface area contributed by atoms with E-state index in [1.165, 1.54) is 18.2 Å². The van der Waals surface area contributed by atoms with Gasteiger partial charge in [0.05, 0.1) is 0 Å². The average molecular weight is 258 g/mol. The molecule has 0 saturated carbocycles. The molecule has 0 aromatic heterocycles. The molecule has 1 rings (SSSR count). The first-order valence-corrected chi connectivity index (χ1v) is 6.24. The molecule has 4 nitrogen and oxygen atoms in total. The van der Waals surface area contributed by atoms with Gasteiger partial charge in [-0.05, 0) is 30.2 Å². The van der Waals surface area contributed by atoms with Crippen LogP contribution in [0.15, 0.2) is 29.8 Å². The summed E-state index contributed by atoms with van der Waals surface area (Å²) >= 11 is 0. The summed E-state index contributed by atoms with van der Waals surface area (Å²) in [6, 6.07) is 8.29. The second-order valence-corrected chi connectivity index (χ2v) is 4.34. The van der Waals surface area contributed by atoms with Crippen molar-refractivity contribution in [2.24, 2.45) is 0 Å². The van der Waals surface area contributed by atoms with Crippen LogP contribution in [0.2, 0.25) is 0 Å². The SMILES string of the molecule is CCCCN(C)C(=O)/C(C#N)=C/c1ccc(O)cc1. The van der Waals surface area contributed by atoms with Crippen molar-refractivity contribution in [3.05, 3.63) is 35.4 Å². The molecular formula is C15H18N2O2. The molecule has 0 heterocycles. The standard InChI is InChI=1S/C15H18N2O2/c1-3-4-9-17(2)15(19)13(11-16)10-12-5-7-14(18)8-6-12/h5-8,10,18H,3-4,9H2,1-2H3/b13-10+. The minimum absolute atomic E-state index is 0.101. The van der Waals surface area contributed by atoms with Gasteiger partial charge in [-0.2, -0.15) is 5.26 Å². The number of aromatic hydroxyl groups is 1. The van der Waals surface area contributed by atoms with E-state index in [9.17, 15) is 9.90 Å². The predicted octanol–water partition coefficient (Wildman–Crippen LogP) is 2.56. The third kappa shape index (κ3) is 4.47. The number of benzene rings is 1. The van der Waals surface area contributed by atoms with Crippen LogP contribution in [0.25, 0.3) is 6.08 Å². The van der Waals surface area contributed by atoms with Crippen molar-refractivity contribution < 1.29 is 9.90 Å². The molecule has 1 aromatic carbocycles. The highest BCUT2D eigenvalue weighted by molar-refractivity contribution is 6.01. The fourth-order valence-corrected chi connectivity index (χ4v) is 1.58. The van der Waals surface area contributed by atoms with Gasteiger partial charge in [0.2, 0.25) is 0 Å². The smallest absolute Gasteiger partial charge is 0.264 e. The number of amides is 1. The summed E-state index contributed by atoms with van der Waals surface area (Å²) in [7, 11) is 1.69. The first-order chi connectivity index (χ1) is 9.08. The normalized spacial score (nSPS) is 10.9. The number of nitriles is 1. The van der Waals surface area contributed by atoms with E-state index in [1.54, 1.807) is 24.1 Å². The van der Waals surface area contributed by atoms with Gasteiger partial charge in [0.1, 0.15) is 17.4 Å². The number of hydrogen-bond acceptors (Lipinski definition) is 3.